The zero-order chi connectivity index (χ0) is 16.9. The molecule has 1 aromatic rings. The second-order valence-electron chi connectivity index (χ2n) is 5.85. The molecule has 0 aromatic heterocycles. The van der Waals surface area contributed by atoms with Crippen LogP contribution in [-0.2, 0) is 16.1 Å². The van der Waals surface area contributed by atoms with Crippen molar-refractivity contribution in [3.8, 4) is 0 Å². The summed E-state index contributed by atoms with van der Waals surface area (Å²) in [5.41, 5.74) is 0.930. The number of carbonyl (C=O) groups is 1. The molecular weight excluding hydrogens is 304 g/mol. The molecule has 1 aliphatic carbocycles. The van der Waals surface area contributed by atoms with Crippen molar-refractivity contribution >= 4 is 5.97 Å². The summed E-state index contributed by atoms with van der Waals surface area (Å²) in [6, 6.07) is 8.43. The number of hydrogen-bond donors (Lipinski definition) is 2. The van der Waals surface area contributed by atoms with Crippen LogP contribution >= 0.6 is 0 Å². The maximum absolute atomic E-state index is 13.2. The maximum Gasteiger partial charge on any atom is 0.326 e. The summed E-state index contributed by atoms with van der Waals surface area (Å²) in [7, 11) is 0. The summed E-state index contributed by atoms with van der Waals surface area (Å²) in [6.45, 7) is 3.94. The highest BCUT2D eigenvalue weighted by atomic mass is 19.3. The van der Waals surface area contributed by atoms with Crippen molar-refractivity contribution in [2.75, 3.05) is 0 Å². The lowest BCUT2D eigenvalue weighted by atomic mass is 9.82. The molecule has 0 aliphatic heterocycles. The number of ether oxygens (including phenoxy) is 1. The normalized spacial score (nSPS) is 18.9. The van der Waals surface area contributed by atoms with E-state index in [1.807, 2.05) is 30.3 Å². The molecule has 23 heavy (non-hydrogen) atoms. The summed E-state index contributed by atoms with van der Waals surface area (Å²) in [4.78, 5) is 11.4. The third-order valence-electron chi connectivity index (χ3n) is 4.07. The van der Waals surface area contributed by atoms with Crippen molar-refractivity contribution < 1.29 is 23.4 Å². The number of alkyl halides is 2. The second kappa shape index (κ2) is 7.44. The van der Waals surface area contributed by atoms with Gasteiger partial charge in [-0.2, -0.15) is 0 Å². The number of aliphatic carboxylic acids is 1. The molecule has 0 heterocycles. The summed E-state index contributed by atoms with van der Waals surface area (Å²) in [5, 5.41) is 12.1. The van der Waals surface area contributed by atoms with Crippen LogP contribution in [0.2, 0.25) is 0 Å². The summed E-state index contributed by atoms with van der Waals surface area (Å²) < 4.78 is 31.8. The molecule has 2 rings (SSSR count). The van der Waals surface area contributed by atoms with Gasteiger partial charge in [-0.15, -0.1) is 0 Å². The quantitative estimate of drug-likeness (QED) is 0.753. The van der Waals surface area contributed by atoms with Crippen LogP contribution in [0.4, 0.5) is 8.78 Å². The Labute approximate surface area is 134 Å². The van der Waals surface area contributed by atoms with E-state index in [-0.39, 0.29) is 44.1 Å². The Hall–Kier alpha value is -2.11. The van der Waals surface area contributed by atoms with Crippen LogP contribution in [0.3, 0.4) is 0 Å². The van der Waals surface area contributed by atoms with Gasteiger partial charge in [0.15, 0.2) is 5.88 Å². The van der Waals surface area contributed by atoms with E-state index in [2.05, 4.69) is 11.9 Å². The first kappa shape index (κ1) is 17.2. The third kappa shape index (κ3) is 5.23. The van der Waals surface area contributed by atoms with E-state index in [0.717, 1.165) is 5.56 Å². The zero-order valence-corrected chi connectivity index (χ0v) is 12.8. The first-order valence-electron chi connectivity index (χ1n) is 7.60. The topological polar surface area (TPSA) is 58.6 Å². The van der Waals surface area contributed by atoms with E-state index in [9.17, 15) is 18.7 Å². The lowest BCUT2D eigenvalue weighted by molar-refractivity contribution is -0.142. The Morgan fingerprint density at radius 1 is 1.35 bits per heavy atom. The fourth-order valence-corrected chi connectivity index (χ4v) is 2.74. The number of halogens is 2. The Morgan fingerprint density at radius 2 is 1.96 bits per heavy atom. The molecule has 1 aliphatic rings. The van der Waals surface area contributed by atoms with Gasteiger partial charge in [-0.3, -0.25) is 0 Å². The second-order valence-corrected chi connectivity index (χ2v) is 5.85. The van der Waals surface area contributed by atoms with Crippen molar-refractivity contribution in [2.45, 2.75) is 44.3 Å². The van der Waals surface area contributed by atoms with Gasteiger partial charge in [0.1, 0.15) is 12.6 Å². The number of carboxylic acid groups (broad SMARTS) is 1. The lowest BCUT2D eigenvalue weighted by Crippen LogP contribution is -2.45. The van der Waals surface area contributed by atoms with Gasteiger partial charge >= 0.3 is 5.97 Å². The fourth-order valence-electron chi connectivity index (χ4n) is 2.74. The Kier molecular flexibility index (Phi) is 5.58. The molecule has 4 nitrogen and oxygen atoms in total. The van der Waals surface area contributed by atoms with E-state index < -0.39 is 17.9 Å². The molecule has 1 saturated carbocycles. The molecule has 2 N–H and O–H groups in total. The van der Waals surface area contributed by atoms with E-state index in [1.165, 1.54) is 0 Å². The molecule has 1 fully saturated rings. The van der Waals surface area contributed by atoms with E-state index >= 15 is 0 Å². The van der Waals surface area contributed by atoms with Crippen LogP contribution in [0, 0.1) is 5.92 Å². The van der Waals surface area contributed by atoms with Gasteiger partial charge in [-0.25, -0.2) is 13.6 Å². The average molecular weight is 325 g/mol. The standard InChI is InChI=1S/C17H21F2NO3/c1-12(23-11-13-5-3-2-4-6-13)20-15(16(21)22)14-7-9-17(18,19)10-8-14/h2-6,14-15,20H,1,7-11H2,(H,21,22)/t15-/m0/s1. The molecule has 0 saturated heterocycles. The number of benzene rings is 1. The van der Waals surface area contributed by atoms with Crippen molar-refractivity contribution in [3.05, 3.63) is 48.4 Å². The Morgan fingerprint density at radius 3 is 2.52 bits per heavy atom. The van der Waals surface area contributed by atoms with Gasteiger partial charge in [0.05, 0.1) is 0 Å². The molecule has 0 bridgehead atoms. The fraction of sp³-hybridized carbons (Fsp3) is 0.471. The van der Waals surface area contributed by atoms with Crippen molar-refractivity contribution in [2.24, 2.45) is 5.92 Å². The summed E-state index contributed by atoms with van der Waals surface area (Å²) in [6.07, 6.45) is -0.215. The van der Waals surface area contributed by atoms with Crippen LogP contribution in [0.15, 0.2) is 42.8 Å². The first-order valence-corrected chi connectivity index (χ1v) is 7.60. The van der Waals surface area contributed by atoms with Gasteiger partial charge in [0.25, 0.3) is 0 Å². The van der Waals surface area contributed by atoms with Gasteiger partial charge in [0, 0.05) is 12.8 Å². The summed E-state index contributed by atoms with van der Waals surface area (Å²) in [5.74, 6) is -3.98. The van der Waals surface area contributed by atoms with Crippen molar-refractivity contribution in [1.29, 1.82) is 0 Å². The number of hydrogen-bond acceptors (Lipinski definition) is 3. The highest BCUT2D eigenvalue weighted by Gasteiger charge is 2.40. The molecule has 0 spiro atoms. The molecule has 6 heteroatoms. The summed E-state index contributed by atoms with van der Waals surface area (Å²) >= 11 is 0. The molecule has 0 radical (unpaired) electrons. The van der Waals surface area contributed by atoms with Gasteiger partial charge < -0.3 is 15.2 Å². The molecule has 0 amide bonds. The van der Waals surface area contributed by atoms with Crippen LogP contribution in [-0.4, -0.2) is 23.0 Å². The van der Waals surface area contributed by atoms with Crippen molar-refractivity contribution in [1.82, 2.24) is 5.32 Å². The minimum absolute atomic E-state index is 0.138. The molecular formula is C17H21F2NO3. The first-order chi connectivity index (χ1) is 10.9. The maximum atomic E-state index is 13.2. The molecule has 126 valence electrons. The van der Waals surface area contributed by atoms with E-state index in [1.54, 1.807) is 0 Å². The van der Waals surface area contributed by atoms with Gasteiger partial charge in [-0.1, -0.05) is 30.3 Å². The predicted octanol–water partition coefficient (Wildman–Crippen LogP) is 3.54. The van der Waals surface area contributed by atoms with Crippen LogP contribution < -0.4 is 5.32 Å². The minimum Gasteiger partial charge on any atom is -0.480 e. The predicted molar refractivity (Wildman–Crippen MR) is 81.8 cm³/mol. The number of rotatable bonds is 7. The highest BCUT2D eigenvalue weighted by molar-refractivity contribution is 5.74. The number of carboxylic acids is 1. The Bertz CT molecular complexity index is 538. The average Bonchev–Trinajstić information content (AvgIpc) is 2.52. The Balaban J connectivity index is 1.87. The monoisotopic (exact) mass is 325 g/mol. The number of nitrogens with one attached hydrogen (secondary N) is 1. The van der Waals surface area contributed by atoms with Crippen molar-refractivity contribution in [3.63, 3.8) is 0 Å². The molecule has 0 unspecified atom stereocenters. The zero-order valence-electron chi connectivity index (χ0n) is 12.8. The van der Waals surface area contributed by atoms with Gasteiger partial charge in [0.2, 0.25) is 5.92 Å². The van der Waals surface area contributed by atoms with Crippen LogP contribution in [0.1, 0.15) is 31.2 Å². The highest BCUT2D eigenvalue weighted by Crippen LogP contribution is 2.37. The lowest BCUT2D eigenvalue weighted by Gasteiger charge is -2.32. The largest absolute Gasteiger partial charge is 0.480 e. The van der Waals surface area contributed by atoms with Gasteiger partial charge in [-0.05, 0) is 30.9 Å². The smallest absolute Gasteiger partial charge is 0.326 e. The van der Waals surface area contributed by atoms with Crippen LogP contribution in [0.25, 0.3) is 0 Å². The van der Waals surface area contributed by atoms with E-state index in [4.69, 9.17) is 4.74 Å². The minimum atomic E-state index is -2.68. The third-order valence-corrected chi connectivity index (χ3v) is 4.07. The molecule has 1 aromatic carbocycles. The van der Waals surface area contributed by atoms with E-state index in [0.29, 0.717) is 0 Å². The molecule has 1 atom stereocenters. The van der Waals surface area contributed by atoms with Crippen LogP contribution in [0.5, 0.6) is 0 Å². The SMILES string of the molecule is C=C(N[C@H](C(=O)O)C1CCC(F)(F)CC1)OCc1ccccc1.